The molecule has 1 aliphatic carbocycles. The highest BCUT2D eigenvalue weighted by Crippen LogP contribution is 2.43. The number of thioether (sulfide) groups is 1. The summed E-state index contributed by atoms with van der Waals surface area (Å²) in [6.07, 6.45) is 15.1. The topological polar surface area (TPSA) is 21.3 Å². The molecule has 0 aromatic rings. The highest BCUT2D eigenvalue weighted by Gasteiger charge is 2.34. The fraction of sp³-hybridized carbons (Fsp3) is 1.00. The van der Waals surface area contributed by atoms with Gasteiger partial charge >= 0.3 is 0 Å². The molecule has 21 heavy (non-hydrogen) atoms. The van der Waals surface area contributed by atoms with E-state index in [1.807, 2.05) is 11.8 Å². The van der Waals surface area contributed by atoms with Gasteiger partial charge in [0.05, 0.1) is 6.61 Å². The third-order valence-electron chi connectivity index (χ3n) is 5.17. The molecule has 0 bridgehead atoms. The second-order valence-electron chi connectivity index (χ2n) is 6.85. The molecular weight excluding hydrogens is 278 g/mol. The zero-order chi connectivity index (χ0) is 15.4. The van der Waals surface area contributed by atoms with E-state index >= 15 is 0 Å². The van der Waals surface area contributed by atoms with Crippen molar-refractivity contribution in [2.24, 2.45) is 11.3 Å². The zero-order valence-electron chi connectivity index (χ0n) is 14.6. The lowest BCUT2D eigenvalue weighted by Crippen LogP contribution is -2.39. The van der Waals surface area contributed by atoms with Gasteiger partial charge in [0, 0.05) is 20.2 Å². The Kier molecular flexibility index (Phi) is 10.8. The predicted molar refractivity (Wildman–Crippen MR) is 96.3 cm³/mol. The number of nitrogens with one attached hydrogen (secondary N) is 1. The lowest BCUT2D eigenvalue weighted by Gasteiger charge is -2.41. The molecule has 3 heteroatoms. The molecule has 0 aliphatic heterocycles. The molecule has 1 saturated carbocycles. The zero-order valence-corrected chi connectivity index (χ0v) is 15.4. The van der Waals surface area contributed by atoms with Gasteiger partial charge in [0.15, 0.2) is 0 Å². The van der Waals surface area contributed by atoms with E-state index in [1.165, 1.54) is 70.1 Å². The average molecular weight is 316 g/mol. The normalized spacial score (nSPS) is 26.1. The summed E-state index contributed by atoms with van der Waals surface area (Å²) in [5.41, 5.74) is 0.576. The summed E-state index contributed by atoms with van der Waals surface area (Å²) in [7, 11) is 1.79. The molecule has 1 rings (SSSR count). The number of methoxy groups -OCH3 is 1. The van der Waals surface area contributed by atoms with Crippen LogP contribution in [0.1, 0.15) is 64.7 Å². The monoisotopic (exact) mass is 315 g/mol. The van der Waals surface area contributed by atoms with Crippen molar-refractivity contribution >= 4 is 11.8 Å². The van der Waals surface area contributed by atoms with E-state index in [9.17, 15) is 0 Å². The van der Waals surface area contributed by atoms with Crippen LogP contribution in [0.25, 0.3) is 0 Å². The molecule has 0 spiro atoms. The molecule has 2 nitrogen and oxygen atoms in total. The summed E-state index contributed by atoms with van der Waals surface area (Å²) < 4.78 is 5.16. The van der Waals surface area contributed by atoms with E-state index < -0.39 is 0 Å². The van der Waals surface area contributed by atoms with Gasteiger partial charge in [-0.3, -0.25) is 0 Å². The minimum absolute atomic E-state index is 0.576. The van der Waals surface area contributed by atoms with E-state index in [0.717, 1.165) is 19.1 Å². The third-order valence-corrected chi connectivity index (χ3v) is 5.87. The van der Waals surface area contributed by atoms with Gasteiger partial charge in [0.1, 0.15) is 0 Å². The first-order chi connectivity index (χ1) is 10.3. The van der Waals surface area contributed by atoms with Crippen molar-refractivity contribution in [2.45, 2.75) is 64.7 Å². The second kappa shape index (κ2) is 11.8. The second-order valence-corrected chi connectivity index (χ2v) is 7.84. The van der Waals surface area contributed by atoms with Crippen LogP contribution in [-0.2, 0) is 4.74 Å². The van der Waals surface area contributed by atoms with Gasteiger partial charge in [-0.25, -0.2) is 0 Å². The Bertz CT molecular complexity index is 239. The highest BCUT2D eigenvalue weighted by molar-refractivity contribution is 7.98. The standard InChI is InChI=1S/C18H37NOS/c1-4-5-7-17-8-11-18(12-9-17,10-6-15-21-3)16-19-13-14-20-2/h17,19H,4-16H2,1-3H3. The fourth-order valence-corrected chi connectivity index (χ4v) is 4.14. The molecule has 1 aliphatic rings. The van der Waals surface area contributed by atoms with Gasteiger partial charge in [-0.2, -0.15) is 11.8 Å². The number of hydrogen-bond acceptors (Lipinski definition) is 3. The van der Waals surface area contributed by atoms with Gasteiger partial charge < -0.3 is 10.1 Å². The average Bonchev–Trinajstić information content (AvgIpc) is 2.51. The van der Waals surface area contributed by atoms with Crippen molar-refractivity contribution in [3.05, 3.63) is 0 Å². The largest absolute Gasteiger partial charge is 0.383 e. The number of unbranched alkanes of at least 4 members (excludes halogenated alkanes) is 1. The number of hydrogen-bond donors (Lipinski definition) is 1. The fourth-order valence-electron chi connectivity index (χ4n) is 3.71. The Morgan fingerprint density at radius 2 is 2.00 bits per heavy atom. The SMILES string of the molecule is CCCCC1CCC(CCCSC)(CNCCOC)CC1. The molecule has 0 aromatic carbocycles. The minimum atomic E-state index is 0.576. The molecule has 1 N–H and O–H groups in total. The van der Waals surface area contributed by atoms with Crippen LogP contribution in [0.3, 0.4) is 0 Å². The lowest BCUT2D eigenvalue weighted by atomic mass is 9.67. The van der Waals surface area contributed by atoms with Crippen LogP contribution < -0.4 is 5.32 Å². The lowest BCUT2D eigenvalue weighted by molar-refractivity contribution is 0.121. The molecule has 0 amide bonds. The van der Waals surface area contributed by atoms with Crippen molar-refractivity contribution in [2.75, 3.05) is 38.8 Å². The number of rotatable bonds is 12. The van der Waals surface area contributed by atoms with Crippen LogP contribution in [0.4, 0.5) is 0 Å². The summed E-state index contributed by atoms with van der Waals surface area (Å²) in [6, 6.07) is 0. The smallest absolute Gasteiger partial charge is 0.0587 e. The molecule has 1 fully saturated rings. The van der Waals surface area contributed by atoms with Crippen LogP contribution >= 0.6 is 11.8 Å². The van der Waals surface area contributed by atoms with Crippen LogP contribution in [0.15, 0.2) is 0 Å². The molecule has 0 unspecified atom stereocenters. The maximum absolute atomic E-state index is 5.16. The molecule has 0 saturated heterocycles. The van der Waals surface area contributed by atoms with E-state index in [-0.39, 0.29) is 0 Å². The maximum atomic E-state index is 5.16. The van der Waals surface area contributed by atoms with E-state index in [1.54, 1.807) is 7.11 Å². The quantitative estimate of drug-likeness (QED) is 0.526. The molecule has 126 valence electrons. The summed E-state index contributed by atoms with van der Waals surface area (Å²) in [5, 5.41) is 3.65. The van der Waals surface area contributed by atoms with Crippen molar-refractivity contribution in [3.63, 3.8) is 0 Å². The van der Waals surface area contributed by atoms with E-state index in [2.05, 4.69) is 18.5 Å². The summed E-state index contributed by atoms with van der Waals surface area (Å²) in [5.74, 6) is 2.33. The first-order valence-electron chi connectivity index (χ1n) is 8.95. The van der Waals surface area contributed by atoms with E-state index in [0.29, 0.717) is 5.41 Å². The minimum Gasteiger partial charge on any atom is -0.383 e. The van der Waals surface area contributed by atoms with Gasteiger partial charge in [0.2, 0.25) is 0 Å². The van der Waals surface area contributed by atoms with Gasteiger partial charge in [-0.1, -0.05) is 26.2 Å². The maximum Gasteiger partial charge on any atom is 0.0587 e. The summed E-state index contributed by atoms with van der Waals surface area (Å²) in [6.45, 7) is 5.35. The van der Waals surface area contributed by atoms with Crippen molar-refractivity contribution in [1.29, 1.82) is 0 Å². The van der Waals surface area contributed by atoms with Crippen LogP contribution in [0.2, 0.25) is 0 Å². The Morgan fingerprint density at radius 1 is 1.24 bits per heavy atom. The molecule has 0 heterocycles. The molecule has 0 aromatic heterocycles. The van der Waals surface area contributed by atoms with Gasteiger partial charge in [-0.05, 0) is 61.9 Å². The van der Waals surface area contributed by atoms with Crippen molar-refractivity contribution < 1.29 is 4.74 Å². The van der Waals surface area contributed by atoms with E-state index in [4.69, 9.17) is 4.74 Å². The predicted octanol–water partition coefficient (Wildman–Crippen LogP) is 4.73. The van der Waals surface area contributed by atoms with Crippen LogP contribution in [-0.4, -0.2) is 38.8 Å². The van der Waals surface area contributed by atoms with Crippen LogP contribution in [0, 0.1) is 11.3 Å². The van der Waals surface area contributed by atoms with Crippen LogP contribution in [0.5, 0.6) is 0 Å². The first-order valence-corrected chi connectivity index (χ1v) is 10.3. The Balaban J connectivity index is 2.38. The van der Waals surface area contributed by atoms with Crippen molar-refractivity contribution in [1.82, 2.24) is 5.32 Å². The Morgan fingerprint density at radius 3 is 2.62 bits per heavy atom. The molecular formula is C18H37NOS. The van der Waals surface area contributed by atoms with Crippen molar-refractivity contribution in [3.8, 4) is 0 Å². The Labute approximate surface area is 137 Å². The summed E-state index contributed by atoms with van der Waals surface area (Å²) in [4.78, 5) is 0. The van der Waals surface area contributed by atoms with Gasteiger partial charge in [0.25, 0.3) is 0 Å². The molecule has 0 radical (unpaired) electrons. The third kappa shape index (κ3) is 7.90. The Hall–Kier alpha value is 0.270. The molecule has 0 atom stereocenters. The number of ether oxygens (including phenoxy) is 1. The highest BCUT2D eigenvalue weighted by atomic mass is 32.2. The summed E-state index contributed by atoms with van der Waals surface area (Å²) >= 11 is 1.99. The first kappa shape index (κ1) is 19.3. The van der Waals surface area contributed by atoms with Gasteiger partial charge in [-0.15, -0.1) is 0 Å².